The normalized spacial score (nSPS) is 18.5. The van der Waals surface area contributed by atoms with E-state index in [1.54, 1.807) is 6.20 Å². The van der Waals surface area contributed by atoms with Gasteiger partial charge in [-0.3, -0.25) is 4.79 Å². The van der Waals surface area contributed by atoms with Crippen LogP contribution in [0.1, 0.15) is 39.5 Å². The van der Waals surface area contributed by atoms with Gasteiger partial charge in [-0.1, -0.05) is 13.8 Å². The zero-order valence-electron chi connectivity index (χ0n) is 13.6. The summed E-state index contributed by atoms with van der Waals surface area (Å²) in [5.74, 6) is 0.960. The van der Waals surface area contributed by atoms with Crippen LogP contribution in [-0.4, -0.2) is 41.8 Å². The molecule has 122 valence electrons. The molecule has 22 heavy (non-hydrogen) atoms. The predicted octanol–water partition coefficient (Wildman–Crippen LogP) is 1.33. The molecule has 1 aromatic heterocycles. The molecule has 6 nitrogen and oxygen atoms in total. The van der Waals surface area contributed by atoms with Crippen LogP contribution in [0, 0.1) is 5.41 Å². The van der Waals surface area contributed by atoms with Crippen molar-refractivity contribution in [1.29, 1.82) is 0 Å². The third kappa shape index (κ3) is 3.38. The lowest BCUT2D eigenvalue weighted by atomic mass is 9.81. The number of aromatic nitrogens is 2. The summed E-state index contributed by atoms with van der Waals surface area (Å²) in [5.41, 5.74) is 5.41. The summed E-state index contributed by atoms with van der Waals surface area (Å²) in [4.78, 5) is 14.8. The molecule has 0 spiro atoms. The second-order valence-corrected chi connectivity index (χ2v) is 5.97. The van der Waals surface area contributed by atoms with Gasteiger partial charge in [-0.05, 0) is 37.8 Å². The van der Waals surface area contributed by atoms with Gasteiger partial charge in [0.15, 0.2) is 5.82 Å². The Kier molecular flexibility index (Phi) is 5.71. The van der Waals surface area contributed by atoms with Crippen molar-refractivity contribution in [2.24, 2.45) is 11.1 Å². The highest BCUT2D eigenvalue weighted by atomic mass is 16.2. The van der Waals surface area contributed by atoms with Crippen LogP contribution >= 0.6 is 0 Å². The van der Waals surface area contributed by atoms with E-state index < -0.39 is 5.41 Å². The maximum atomic E-state index is 12.5. The highest BCUT2D eigenvalue weighted by Gasteiger charge is 2.34. The van der Waals surface area contributed by atoms with Crippen LogP contribution in [0.25, 0.3) is 0 Å². The van der Waals surface area contributed by atoms with Gasteiger partial charge >= 0.3 is 0 Å². The Bertz CT molecular complexity index is 466. The first-order chi connectivity index (χ1) is 10.7. The number of nitrogens with two attached hydrogens (primary N) is 1. The molecule has 2 heterocycles. The van der Waals surface area contributed by atoms with E-state index in [0.29, 0.717) is 13.1 Å². The van der Waals surface area contributed by atoms with Crippen LogP contribution in [0.4, 0.5) is 5.82 Å². The Morgan fingerprint density at radius 2 is 2.27 bits per heavy atom. The Morgan fingerprint density at radius 1 is 1.50 bits per heavy atom. The van der Waals surface area contributed by atoms with Gasteiger partial charge in [0.1, 0.15) is 0 Å². The van der Waals surface area contributed by atoms with Crippen LogP contribution in [0.5, 0.6) is 0 Å². The predicted molar refractivity (Wildman–Crippen MR) is 87.5 cm³/mol. The first-order valence-electron chi connectivity index (χ1n) is 8.19. The number of hydrogen-bond acceptors (Lipinski definition) is 5. The topological polar surface area (TPSA) is 84.1 Å². The van der Waals surface area contributed by atoms with E-state index in [0.717, 1.165) is 38.0 Å². The quantitative estimate of drug-likeness (QED) is 0.794. The number of rotatable bonds is 7. The maximum Gasteiger partial charge on any atom is 0.227 e. The maximum absolute atomic E-state index is 12.5. The number of carbonyl (C=O) groups excluding carboxylic acids is 1. The summed E-state index contributed by atoms with van der Waals surface area (Å²) in [7, 11) is 0. The van der Waals surface area contributed by atoms with E-state index in [9.17, 15) is 4.79 Å². The third-order valence-corrected chi connectivity index (χ3v) is 4.95. The van der Waals surface area contributed by atoms with Crippen LogP contribution in [0.3, 0.4) is 0 Å². The average molecular weight is 305 g/mol. The van der Waals surface area contributed by atoms with Gasteiger partial charge in [0.05, 0.1) is 5.41 Å². The Balaban J connectivity index is 1.97. The van der Waals surface area contributed by atoms with E-state index in [1.807, 2.05) is 26.0 Å². The standard InChI is InChI=1S/C16H27N5O/c1-3-16(4-2,12-17)15(22)18-11-13-7-6-10-21(13)14-8-5-9-19-20-14/h5,8-9,13H,3-4,6-7,10-12,17H2,1-2H3,(H,18,22). The van der Waals surface area contributed by atoms with Crippen molar-refractivity contribution in [3.05, 3.63) is 18.3 Å². The molecule has 1 saturated heterocycles. The first kappa shape index (κ1) is 16.7. The Labute approximate surface area is 132 Å². The Morgan fingerprint density at radius 3 is 2.86 bits per heavy atom. The van der Waals surface area contributed by atoms with E-state index >= 15 is 0 Å². The van der Waals surface area contributed by atoms with Gasteiger partial charge in [-0.15, -0.1) is 5.10 Å². The fourth-order valence-corrected chi connectivity index (χ4v) is 3.15. The summed E-state index contributed by atoms with van der Waals surface area (Å²) < 4.78 is 0. The molecule has 1 unspecified atom stereocenters. The molecular weight excluding hydrogens is 278 g/mol. The first-order valence-corrected chi connectivity index (χ1v) is 8.19. The molecule has 0 radical (unpaired) electrons. The number of nitrogens with zero attached hydrogens (tertiary/aromatic N) is 3. The smallest absolute Gasteiger partial charge is 0.227 e. The minimum Gasteiger partial charge on any atom is -0.354 e. The van der Waals surface area contributed by atoms with E-state index in [2.05, 4.69) is 20.4 Å². The van der Waals surface area contributed by atoms with Crippen molar-refractivity contribution in [2.75, 3.05) is 24.5 Å². The fraction of sp³-hybridized carbons (Fsp3) is 0.688. The highest BCUT2D eigenvalue weighted by molar-refractivity contribution is 5.82. The molecule has 1 aliphatic heterocycles. The molecule has 1 aliphatic rings. The van der Waals surface area contributed by atoms with Gasteiger partial charge < -0.3 is 16.0 Å². The molecule has 1 atom stereocenters. The summed E-state index contributed by atoms with van der Waals surface area (Å²) in [6.45, 7) is 6.04. The van der Waals surface area contributed by atoms with Gasteiger partial charge in [0.25, 0.3) is 0 Å². The van der Waals surface area contributed by atoms with Crippen molar-refractivity contribution in [3.63, 3.8) is 0 Å². The molecule has 0 bridgehead atoms. The summed E-state index contributed by atoms with van der Waals surface area (Å²) in [5, 5.41) is 11.2. The van der Waals surface area contributed by atoms with Crippen LogP contribution in [0.2, 0.25) is 0 Å². The van der Waals surface area contributed by atoms with Gasteiger partial charge in [-0.25, -0.2) is 0 Å². The van der Waals surface area contributed by atoms with Gasteiger partial charge in [0, 0.05) is 31.9 Å². The zero-order valence-corrected chi connectivity index (χ0v) is 13.6. The van der Waals surface area contributed by atoms with Crippen LogP contribution in [-0.2, 0) is 4.79 Å². The summed E-state index contributed by atoms with van der Waals surface area (Å²) in [6, 6.07) is 4.14. The number of anilines is 1. The number of carbonyl (C=O) groups is 1. The molecule has 3 N–H and O–H groups in total. The van der Waals surface area contributed by atoms with E-state index in [1.165, 1.54) is 0 Å². The molecule has 1 amide bonds. The molecule has 0 saturated carbocycles. The lowest BCUT2D eigenvalue weighted by molar-refractivity contribution is -0.131. The number of amides is 1. The van der Waals surface area contributed by atoms with E-state index in [-0.39, 0.29) is 11.9 Å². The number of nitrogens with one attached hydrogen (secondary N) is 1. The van der Waals surface area contributed by atoms with Crippen molar-refractivity contribution < 1.29 is 4.79 Å². The van der Waals surface area contributed by atoms with Gasteiger partial charge in [-0.2, -0.15) is 5.10 Å². The minimum atomic E-state index is -0.435. The molecule has 1 fully saturated rings. The molecular formula is C16H27N5O. The van der Waals surface area contributed by atoms with Gasteiger partial charge in [0.2, 0.25) is 5.91 Å². The molecule has 0 aromatic carbocycles. The molecule has 0 aliphatic carbocycles. The summed E-state index contributed by atoms with van der Waals surface area (Å²) in [6.07, 6.45) is 5.38. The highest BCUT2D eigenvalue weighted by Crippen LogP contribution is 2.26. The second-order valence-electron chi connectivity index (χ2n) is 5.97. The largest absolute Gasteiger partial charge is 0.354 e. The van der Waals surface area contributed by atoms with Crippen molar-refractivity contribution in [3.8, 4) is 0 Å². The monoisotopic (exact) mass is 305 g/mol. The fourth-order valence-electron chi connectivity index (χ4n) is 3.15. The van der Waals surface area contributed by atoms with E-state index in [4.69, 9.17) is 5.73 Å². The molecule has 2 rings (SSSR count). The average Bonchev–Trinajstić information content (AvgIpc) is 3.04. The van der Waals surface area contributed by atoms with Crippen molar-refractivity contribution in [2.45, 2.75) is 45.6 Å². The zero-order chi connectivity index (χ0) is 16.0. The van der Waals surface area contributed by atoms with Crippen LogP contribution < -0.4 is 16.0 Å². The van der Waals surface area contributed by atoms with Crippen LogP contribution in [0.15, 0.2) is 18.3 Å². The number of hydrogen-bond donors (Lipinski definition) is 2. The minimum absolute atomic E-state index is 0.0750. The molecule has 1 aromatic rings. The van der Waals surface area contributed by atoms with Crippen molar-refractivity contribution >= 4 is 11.7 Å². The lowest BCUT2D eigenvalue weighted by Crippen LogP contribution is -2.49. The lowest BCUT2D eigenvalue weighted by Gasteiger charge is -2.31. The van der Waals surface area contributed by atoms with Crippen molar-refractivity contribution in [1.82, 2.24) is 15.5 Å². The summed E-state index contributed by atoms with van der Waals surface area (Å²) >= 11 is 0. The molecule has 6 heteroatoms. The SMILES string of the molecule is CCC(CC)(CN)C(=O)NCC1CCCN1c1cccnn1. The third-order valence-electron chi connectivity index (χ3n) is 4.95. The Hall–Kier alpha value is -1.69. The second kappa shape index (κ2) is 7.54.